The summed E-state index contributed by atoms with van der Waals surface area (Å²) in [5.74, 6) is 1.50. The lowest BCUT2D eigenvalue weighted by molar-refractivity contribution is 0.0998. The van der Waals surface area contributed by atoms with E-state index in [-0.39, 0.29) is 11.7 Å². The molecule has 4 N–H and O–H groups in total. The minimum atomic E-state index is -0.367. The molecule has 2 aromatic heterocycles. The number of rotatable bonds is 9. The fourth-order valence-electron chi connectivity index (χ4n) is 4.15. The van der Waals surface area contributed by atoms with Crippen molar-refractivity contribution >= 4 is 45.3 Å². The number of furan rings is 1. The molecule has 0 spiro atoms. The molecule has 0 aliphatic rings. The van der Waals surface area contributed by atoms with Crippen molar-refractivity contribution in [2.45, 2.75) is 6.54 Å². The Labute approximate surface area is 223 Å². The highest BCUT2D eigenvalue weighted by Crippen LogP contribution is 2.40. The number of hydrogen-bond donors (Lipinski definition) is 3. The number of methoxy groups -OCH3 is 3. The van der Waals surface area contributed by atoms with Gasteiger partial charge in [-0.3, -0.25) is 4.79 Å². The number of ether oxygens (including phenoxy) is 3. The summed E-state index contributed by atoms with van der Waals surface area (Å²) in [5, 5.41) is 9.08. The van der Waals surface area contributed by atoms with Crippen LogP contribution in [0.2, 0.25) is 0 Å². The Balaban J connectivity index is 1.31. The fraction of sp³-hybridized carbons (Fsp3) is 0.138. The number of nitrogens with one attached hydrogen (secondary N) is 2. The van der Waals surface area contributed by atoms with Gasteiger partial charge in [-0.15, -0.1) is 11.3 Å². The first-order valence-electron chi connectivity index (χ1n) is 11.8. The van der Waals surface area contributed by atoms with Crippen molar-refractivity contribution < 1.29 is 23.4 Å². The molecule has 0 bridgehead atoms. The first-order valence-corrected chi connectivity index (χ1v) is 12.7. The number of benzene rings is 3. The minimum Gasteiger partial charge on any atom is -0.493 e. The second-order valence-corrected chi connectivity index (χ2v) is 9.43. The molecule has 0 atom stereocenters. The van der Waals surface area contributed by atoms with Gasteiger partial charge in [0.25, 0.3) is 5.91 Å². The molecule has 0 unspecified atom stereocenters. The topological polar surface area (TPSA) is 108 Å². The number of anilines is 3. The second-order valence-electron chi connectivity index (χ2n) is 8.48. The van der Waals surface area contributed by atoms with E-state index in [1.54, 1.807) is 44.8 Å². The van der Waals surface area contributed by atoms with E-state index >= 15 is 0 Å². The molecule has 8 nitrogen and oxygen atoms in total. The van der Waals surface area contributed by atoms with Gasteiger partial charge in [0.05, 0.1) is 32.7 Å². The molecule has 0 fully saturated rings. The van der Waals surface area contributed by atoms with Crippen LogP contribution in [0.25, 0.3) is 21.4 Å². The number of nitrogens with two attached hydrogens (primary N) is 1. The van der Waals surface area contributed by atoms with E-state index < -0.39 is 0 Å². The highest BCUT2D eigenvalue weighted by Gasteiger charge is 2.16. The number of carbonyl (C=O) groups excluding carboxylic acids is 1. The zero-order valence-electron chi connectivity index (χ0n) is 21.2. The van der Waals surface area contributed by atoms with Crippen LogP contribution < -0.4 is 30.6 Å². The van der Waals surface area contributed by atoms with E-state index in [0.717, 1.165) is 27.1 Å². The third-order valence-electron chi connectivity index (χ3n) is 6.07. The van der Waals surface area contributed by atoms with Gasteiger partial charge in [-0.1, -0.05) is 18.2 Å². The molecule has 3 aromatic carbocycles. The Hall–Kier alpha value is -4.63. The first kappa shape index (κ1) is 25.0. The maximum Gasteiger partial charge on any atom is 0.291 e. The van der Waals surface area contributed by atoms with E-state index in [0.29, 0.717) is 40.8 Å². The van der Waals surface area contributed by atoms with Gasteiger partial charge >= 0.3 is 0 Å². The zero-order chi connectivity index (χ0) is 26.6. The molecule has 38 heavy (non-hydrogen) atoms. The smallest absolute Gasteiger partial charge is 0.291 e. The molecule has 9 heteroatoms. The molecule has 194 valence electrons. The molecule has 5 rings (SSSR count). The molecule has 0 saturated heterocycles. The lowest BCUT2D eigenvalue weighted by Gasteiger charge is -2.15. The Morgan fingerprint density at radius 1 is 0.947 bits per heavy atom. The van der Waals surface area contributed by atoms with Crippen molar-refractivity contribution in [1.29, 1.82) is 0 Å². The monoisotopic (exact) mass is 529 g/mol. The molecule has 0 aliphatic heterocycles. The Morgan fingerprint density at radius 2 is 1.74 bits per heavy atom. The number of hydrogen-bond acceptors (Lipinski definition) is 8. The molecular formula is C29H27N3O5S. The maximum absolute atomic E-state index is 13.0. The van der Waals surface area contributed by atoms with E-state index in [1.165, 1.54) is 0 Å². The predicted octanol–water partition coefficient (Wildman–Crippen LogP) is 6.63. The quantitative estimate of drug-likeness (QED) is 0.184. The summed E-state index contributed by atoms with van der Waals surface area (Å²) in [5.41, 5.74) is 10.6. The van der Waals surface area contributed by atoms with Gasteiger partial charge in [-0.25, -0.2) is 0 Å². The molecule has 0 radical (unpaired) electrons. The van der Waals surface area contributed by atoms with Gasteiger partial charge < -0.3 is 35.0 Å². The van der Waals surface area contributed by atoms with Crippen LogP contribution in [0.5, 0.6) is 17.2 Å². The van der Waals surface area contributed by atoms with Gasteiger partial charge in [0.1, 0.15) is 5.58 Å². The van der Waals surface area contributed by atoms with Crippen molar-refractivity contribution in [2.75, 3.05) is 37.7 Å². The lowest BCUT2D eigenvalue weighted by atomic mass is 10.1. The minimum absolute atomic E-state index is 0.204. The summed E-state index contributed by atoms with van der Waals surface area (Å²) < 4.78 is 22.1. The van der Waals surface area contributed by atoms with E-state index in [1.807, 2.05) is 60.0 Å². The van der Waals surface area contributed by atoms with Crippen LogP contribution in [0.4, 0.5) is 17.1 Å². The largest absolute Gasteiger partial charge is 0.493 e. The van der Waals surface area contributed by atoms with Crippen LogP contribution in [0.3, 0.4) is 0 Å². The number of carbonyl (C=O) groups is 1. The van der Waals surface area contributed by atoms with Crippen LogP contribution in [-0.2, 0) is 6.54 Å². The van der Waals surface area contributed by atoms with Gasteiger partial charge in [0.15, 0.2) is 17.3 Å². The van der Waals surface area contributed by atoms with Gasteiger partial charge in [-0.2, -0.15) is 0 Å². The number of nitrogen functional groups attached to an aromatic ring is 1. The van der Waals surface area contributed by atoms with Crippen molar-refractivity contribution in [2.24, 2.45) is 0 Å². The third kappa shape index (κ3) is 5.09. The summed E-state index contributed by atoms with van der Waals surface area (Å²) in [6.07, 6.45) is 0. The van der Waals surface area contributed by atoms with E-state index in [4.69, 9.17) is 24.4 Å². The van der Waals surface area contributed by atoms with Crippen molar-refractivity contribution in [3.05, 3.63) is 83.4 Å². The van der Waals surface area contributed by atoms with Gasteiger partial charge in [0.2, 0.25) is 5.75 Å². The third-order valence-corrected chi connectivity index (χ3v) is 6.99. The number of fused-ring (bicyclic) bond motifs is 1. The standard InChI is InChI=1S/C29H27N3O5S/c1-34-24-14-20(15-25(35-2)28(24)36-3)31-16-17-6-9-23-19(11-17)13-26(37-23)29(33)32-22-12-18(7-8-21(22)30)27-5-4-10-38-27/h4-15,31H,16,30H2,1-3H3,(H,32,33). The second kappa shape index (κ2) is 10.8. The van der Waals surface area contributed by atoms with Crippen LogP contribution >= 0.6 is 11.3 Å². The SMILES string of the molecule is COc1cc(NCc2ccc3oc(C(=O)Nc4cc(-c5cccs5)ccc4N)cc3c2)cc(OC)c1OC. The Bertz CT molecular complexity index is 1570. The fourth-order valence-corrected chi connectivity index (χ4v) is 4.87. The van der Waals surface area contributed by atoms with Crippen LogP contribution in [0, 0.1) is 0 Å². The number of amides is 1. The van der Waals surface area contributed by atoms with Crippen molar-refractivity contribution in [3.8, 4) is 27.7 Å². The molecule has 0 saturated carbocycles. The Kier molecular flexibility index (Phi) is 7.10. The average molecular weight is 530 g/mol. The molecule has 0 aliphatic carbocycles. The molecule has 2 heterocycles. The summed E-state index contributed by atoms with van der Waals surface area (Å²) in [4.78, 5) is 14.1. The summed E-state index contributed by atoms with van der Waals surface area (Å²) in [7, 11) is 4.73. The molecular weight excluding hydrogens is 502 g/mol. The van der Waals surface area contributed by atoms with Crippen molar-refractivity contribution in [1.82, 2.24) is 0 Å². The molecule has 5 aromatic rings. The van der Waals surface area contributed by atoms with Gasteiger partial charge in [0, 0.05) is 34.6 Å². The zero-order valence-corrected chi connectivity index (χ0v) is 22.0. The molecule has 1 amide bonds. The summed E-state index contributed by atoms with van der Waals surface area (Å²) in [6.45, 7) is 0.535. The summed E-state index contributed by atoms with van der Waals surface area (Å²) >= 11 is 1.62. The number of thiophene rings is 1. The normalized spacial score (nSPS) is 10.8. The Morgan fingerprint density at radius 3 is 2.42 bits per heavy atom. The van der Waals surface area contributed by atoms with Crippen LogP contribution in [-0.4, -0.2) is 27.2 Å². The highest BCUT2D eigenvalue weighted by molar-refractivity contribution is 7.13. The van der Waals surface area contributed by atoms with Crippen molar-refractivity contribution in [3.63, 3.8) is 0 Å². The van der Waals surface area contributed by atoms with Crippen LogP contribution in [0.1, 0.15) is 16.1 Å². The first-order chi connectivity index (χ1) is 18.5. The average Bonchev–Trinajstić information content (AvgIpc) is 3.62. The van der Waals surface area contributed by atoms with Gasteiger partial charge in [-0.05, 0) is 52.9 Å². The highest BCUT2D eigenvalue weighted by atomic mass is 32.1. The summed E-state index contributed by atoms with van der Waals surface area (Å²) in [6, 6.07) is 20.8. The lowest BCUT2D eigenvalue weighted by Crippen LogP contribution is -2.12. The van der Waals surface area contributed by atoms with E-state index in [9.17, 15) is 4.79 Å². The van der Waals surface area contributed by atoms with Crippen LogP contribution in [0.15, 0.2) is 76.5 Å². The maximum atomic E-state index is 13.0. The predicted molar refractivity (Wildman–Crippen MR) is 152 cm³/mol. The van der Waals surface area contributed by atoms with E-state index in [2.05, 4.69) is 10.6 Å².